The number of aromatic hydroxyl groups is 2. The first kappa shape index (κ1) is 26.0. The fraction of sp³-hybridized carbons (Fsp3) is 0.533. The maximum absolute atomic E-state index is 11.0. The van der Waals surface area contributed by atoms with E-state index in [1.54, 1.807) is 0 Å². The number of unbranched alkanes of at least 4 members (excludes halogenated alkanes) is 2. The van der Waals surface area contributed by atoms with Crippen LogP contribution in [0.5, 0.6) is 23.0 Å². The summed E-state index contributed by atoms with van der Waals surface area (Å²) in [5, 5.41) is 24.5. The van der Waals surface area contributed by atoms with Crippen LogP contribution in [-0.4, -0.2) is 23.4 Å². The topological polar surface area (TPSA) is 58.9 Å². The molecule has 0 fully saturated rings. The van der Waals surface area contributed by atoms with E-state index in [4.69, 9.17) is 9.47 Å². The molecule has 0 aliphatic rings. The zero-order chi connectivity index (χ0) is 24.5. The van der Waals surface area contributed by atoms with Gasteiger partial charge in [-0.05, 0) is 61.1 Å². The minimum atomic E-state index is 0.159. The van der Waals surface area contributed by atoms with E-state index in [-0.39, 0.29) is 11.5 Å². The molecular formula is C30H42O4. The van der Waals surface area contributed by atoms with Gasteiger partial charge in [-0.25, -0.2) is 0 Å². The molecule has 0 amide bonds. The Bertz CT molecular complexity index is 973. The number of fused-ring (bicyclic) bond motifs is 2. The summed E-state index contributed by atoms with van der Waals surface area (Å²) in [7, 11) is 0. The molecule has 0 heterocycles. The molecule has 0 saturated carbocycles. The summed E-state index contributed by atoms with van der Waals surface area (Å²) < 4.78 is 12.1. The summed E-state index contributed by atoms with van der Waals surface area (Å²) in [5.41, 5.74) is 0. The lowest BCUT2D eigenvalue weighted by molar-refractivity contribution is 0.233. The highest BCUT2D eigenvalue weighted by Gasteiger charge is 2.16. The molecule has 0 saturated heterocycles. The molecule has 4 nitrogen and oxygen atoms in total. The van der Waals surface area contributed by atoms with Crippen LogP contribution in [-0.2, 0) is 0 Å². The van der Waals surface area contributed by atoms with Gasteiger partial charge in [0.1, 0.15) is 23.0 Å². The number of benzene rings is 3. The van der Waals surface area contributed by atoms with Crippen LogP contribution in [0, 0.1) is 11.8 Å². The summed E-state index contributed by atoms with van der Waals surface area (Å²) in [6.07, 6.45) is 9.32. The maximum Gasteiger partial charge on any atom is 0.131 e. The molecule has 2 atom stereocenters. The normalized spacial score (nSPS) is 13.3. The summed E-state index contributed by atoms with van der Waals surface area (Å²) in [6.45, 7) is 10.2. The predicted octanol–water partition coefficient (Wildman–Crippen LogP) is 8.59. The average molecular weight is 467 g/mol. The molecule has 34 heavy (non-hydrogen) atoms. The summed E-state index contributed by atoms with van der Waals surface area (Å²) >= 11 is 0. The standard InChI is InChI=1S/C30H42O4/c1-5-9-11-21(7-3)19-33-23-13-15-25-27(17-23)29(31)26-16-14-24(18-28(26)30(25)32)34-20-22(8-4)12-10-6-2/h13-18,21-22,31-32H,5-12,19-20H2,1-4H3. The molecule has 0 aromatic heterocycles. The highest BCUT2D eigenvalue weighted by molar-refractivity contribution is 6.11. The van der Waals surface area contributed by atoms with E-state index in [9.17, 15) is 10.2 Å². The largest absolute Gasteiger partial charge is 0.507 e. The van der Waals surface area contributed by atoms with Crippen LogP contribution >= 0.6 is 0 Å². The Labute approximate surface area is 204 Å². The van der Waals surface area contributed by atoms with Crippen molar-refractivity contribution in [1.29, 1.82) is 0 Å². The van der Waals surface area contributed by atoms with Gasteiger partial charge in [-0.3, -0.25) is 0 Å². The maximum atomic E-state index is 11.0. The van der Waals surface area contributed by atoms with Crippen molar-refractivity contribution in [2.24, 2.45) is 11.8 Å². The Balaban J connectivity index is 1.82. The SMILES string of the molecule is CCCCC(CC)COc1ccc2c(O)c3cc(OCC(CC)CCCC)ccc3c(O)c2c1. The Hall–Kier alpha value is -2.62. The lowest BCUT2D eigenvalue weighted by Gasteiger charge is -2.17. The van der Waals surface area contributed by atoms with Crippen LogP contribution in [0.15, 0.2) is 36.4 Å². The fourth-order valence-electron chi connectivity index (χ4n) is 4.55. The molecule has 4 heteroatoms. The zero-order valence-electron chi connectivity index (χ0n) is 21.4. The molecule has 2 unspecified atom stereocenters. The molecule has 3 aromatic carbocycles. The van der Waals surface area contributed by atoms with Gasteiger partial charge in [-0.1, -0.05) is 66.2 Å². The molecule has 186 valence electrons. The van der Waals surface area contributed by atoms with Crippen molar-refractivity contribution < 1.29 is 19.7 Å². The van der Waals surface area contributed by atoms with Crippen molar-refractivity contribution in [2.75, 3.05) is 13.2 Å². The third kappa shape index (κ3) is 6.28. The van der Waals surface area contributed by atoms with Crippen LogP contribution in [0.1, 0.15) is 79.1 Å². The van der Waals surface area contributed by atoms with E-state index in [0.29, 0.717) is 58.1 Å². The zero-order valence-corrected chi connectivity index (χ0v) is 21.4. The number of phenols is 2. The highest BCUT2D eigenvalue weighted by Crippen LogP contribution is 2.43. The van der Waals surface area contributed by atoms with Crippen molar-refractivity contribution >= 4 is 21.5 Å². The van der Waals surface area contributed by atoms with Gasteiger partial charge >= 0.3 is 0 Å². The van der Waals surface area contributed by atoms with Crippen LogP contribution in [0.4, 0.5) is 0 Å². The molecular weight excluding hydrogens is 424 g/mol. The molecule has 2 N–H and O–H groups in total. The molecule has 0 aliphatic carbocycles. The van der Waals surface area contributed by atoms with Gasteiger partial charge in [-0.15, -0.1) is 0 Å². The van der Waals surface area contributed by atoms with Crippen LogP contribution in [0.2, 0.25) is 0 Å². The summed E-state index contributed by atoms with van der Waals surface area (Å²) in [4.78, 5) is 0. The third-order valence-corrected chi connectivity index (χ3v) is 7.06. The number of phenolic OH excluding ortho intramolecular Hbond substituents is 2. The van der Waals surface area contributed by atoms with Crippen LogP contribution in [0.25, 0.3) is 21.5 Å². The van der Waals surface area contributed by atoms with Crippen molar-refractivity contribution in [3.8, 4) is 23.0 Å². The molecule has 0 spiro atoms. The van der Waals surface area contributed by atoms with E-state index >= 15 is 0 Å². The van der Waals surface area contributed by atoms with E-state index in [1.807, 2.05) is 36.4 Å². The monoisotopic (exact) mass is 466 g/mol. The number of ether oxygens (including phenoxy) is 2. The van der Waals surface area contributed by atoms with Gasteiger partial charge < -0.3 is 19.7 Å². The van der Waals surface area contributed by atoms with Gasteiger partial charge in [0.2, 0.25) is 0 Å². The molecule has 0 aliphatic heterocycles. The minimum Gasteiger partial charge on any atom is -0.507 e. The van der Waals surface area contributed by atoms with Gasteiger partial charge in [0.15, 0.2) is 0 Å². The van der Waals surface area contributed by atoms with Crippen LogP contribution in [0.3, 0.4) is 0 Å². The molecule has 3 aromatic rings. The Morgan fingerprint density at radius 1 is 0.618 bits per heavy atom. The first-order valence-corrected chi connectivity index (χ1v) is 13.2. The smallest absolute Gasteiger partial charge is 0.131 e. The predicted molar refractivity (Wildman–Crippen MR) is 142 cm³/mol. The van der Waals surface area contributed by atoms with Crippen molar-refractivity contribution in [1.82, 2.24) is 0 Å². The van der Waals surface area contributed by atoms with E-state index < -0.39 is 0 Å². The minimum absolute atomic E-state index is 0.159. The van der Waals surface area contributed by atoms with E-state index in [1.165, 1.54) is 38.5 Å². The van der Waals surface area contributed by atoms with E-state index in [0.717, 1.165) is 12.8 Å². The third-order valence-electron chi connectivity index (χ3n) is 7.06. The average Bonchev–Trinajstić information content (AvgIpc) is 2.87. The van der Waals surface area contributed by atoms with E-state index in [2.05, 4.69) is 27.7 Å². The van der Waals surface area contributed by atoms with Crippen molar-refractivity contribution in [2.45, 2.75) is 79.1 Å². The second-order valence-corrected chi connectivity index (χ2v) is 9.57. The number of hydrogen-bond acceptors (Lipinski definition) is 4. The highest BCUT2D eigenvalue weighted by atomic mass is 16.5. The lowest BCUT2D eigenvalue weighted by Crippen LogP contribution is -2.11. The Kier molecular flexibility index (Phi) is 9.74. The quantitative estimate of drug-likeness (QED) is 0.184. The van der Waals surface area contributed by atoms with Crippen molar-refractivity contribution in [3.05, 3.63) is 36.4 Å². The fourth-order valence-corrected chi connectivity index (χ4v) is 4.55. The first-order chi connectivity index (χ1) is 16.5. The summed E-state index contributed by atoms with van der Waals surface area (Å²) in [5.74, 6) is 2.81. The lowest BCUT2D eigenvalue weighted by atomic mass is 9.99. The van der Waals surface area contributed by atoms with Crippen molar-refractivity contribution in [3.63, 3.8) is 0 Å². The second kappa shape index (κ2) is 12.7. The molecule has 0 radical (unpaired) electrons. The van der Waals surface area contributed by atoms with Gasteiger partial charge in [-0.2, -0.15) is 0 Å². The Morgan fingerprint density at radius 3 is 1.38 bits per heavy atom. The first-order valence-electron chi connectivity index (χ1n) is 13.2. The number of rotatable bonds is 14. The molecule has 0 bridgehead atoms. The van der Waals surface area contributed by atoms with Gasteiger partial charge in [0, 0.05) is 21.5 Å². The second-order valence-electron chi connectivity index (χ2n) is 9.57. The molecule has 3 rings (SSSR count). The number of hydrogen-bond donors (Lipinski definition) is 2. The van der Waals surface area contributed by atoms with Gasteiger partial charge in [0.05, 0.1) is 13.2 Å². The summed E-state index contributed by atoms with van der Waals surface area (Å²) in [6, 6.07) is 11.1. The van der Waals surface area contributed by atoms with Gasteiger partial charge in [0.25, 0.3) is 0 Å². The Morgan fingerprint density at radius 2 is 1.03 bits per heavy atom. The van der Waals surface area contributed by atoms with Crippen LogP contribution < -0.4 is 9.47 Å².